The van der Waals surface area contributed by atoms with Crippen LogP contribution in [0.15, 0.2) is 59.6 Å². The molecule has 32 heavy (non-hydrogen) atoms. The van der Waals surface area contributed by atoms with E-state index in [1.54, 1.807) is 0 Å². The van der Waals surface area contributed by atoms with Gasteiger partial charge in [-0.15, -0.1) is 0 Å². The van der Waals surface area contributed by atoms with Crippen LogP contribution in [0.5, 0.6) is 5.75 Å². The lowest BCUT2D eigenvalue weighted by Gasteiger charge is -2.45. The lowest BCUT2D eigenvalue weighted by Crippen LogP contribution is -2.58. The van der Waals surface area contributed by atoms with E-state index in [4.69, 9.17) is 9.73 Å². The first-order valence-corrected chi connectivity index (χ1v) is 12.4. The molecule has 3 heteroatoms. The van der Waals surface area contributed by atoms with Crippen LogP contribution in [-0.4, -0.2) is 29.4 Å². The fraction of sp³-hybridized carbons (Fsp3) is 0.552. The molecule has 1 fully saturated rings. The zero-order chi connectivity index (χ0) is 23.0. The summed E-state index contributed by atoms with van der Waals surface area (Å²) in [5.41, 5.74) is 3.56. The van der Waals surface area contributed by atoms with Gasteiger partial charge < -0.3 is 10.1 Å². The van der Waals surface area contributed by atoms with Crippen LogP contribution >= 0.6 is 0 Å². The molecule has 1 aliphatic heterocycles. The van der Waals surface area contributed by atoms with Gasteiger partial charge in [0.2, 0.25) is 0 Å². The molecule has 0 aromatic heterocycles. The number of unbranched alkanes of at least 4 members (excludes halogenated alkanes) is 4. The SMILES string of the molecule is CCCCCCCOc1ccc(/C(=N/C2CC(C)(C)NC(C)(C)C2)c2ccccc2)cc1. The van der Waals surface area contributed by atoms with Crippen molar-refractivity contribution in [3.63, 3.8) is 0 Å². The molecule has 1 heterocycles. The van der Waals surface area contributed by atoms with Gasteiger partial charge in [-0.1, -0.05) is 62.9 Å². The quantitative estimate of drug-likeness (QED) is 0.317. The molecule has 2 aromatic rings. The molecular weight excluding hydrogens is 392 g/mol. The lowest BCUT2D eigenvalue weighted by molar-refractivity contribution is 0.164. The van der Waals surface area contributed by atoms with Crippen molar-refractivity contribution in [2.45, 2.75) is 96.7 Å². The Morgan fingerprint density at radius 1 is 0.844 bits per heavy atom. The van der Waals surface area contributed by atoms with E-state index in [2.05, 4.69) is 94.5 Å². The highest BCUT2D eigenvalue weighted by Crippen LogP contribution is 2.31. The predicted molar refractivity (Wildman–Crippen MR) is 137 cm³/mol. The second kappa shape index (κ2) is 11.1. The highest BCUT2D eigenvalue weighted by molar-refractivity contribution is 6.13. The van der Waals surface area contributed by atoms with E-state index in [1.165, 1.54) is 31.2 Å². The van der Waals surface area contributed by atoms with Crippen LogP contribution in [0.25, 0.3) is 0 Å². The molecule has 0 amide bonds. The highest BCUT2D eigenvalue weighted by Gasteiger charge is 2.37. The lowest BCUT2D eigenvalue weighted by atomic mass is 9.79. The van der Waals surface area contributed by atoms with Crippen molar-refractivity contribution >= 4 is 5.71 Å². The molecule has 0 spiro atoms. The number of aliphatic imine (C=N–C) groups is 1. The maximum absolute atomic E-state index is 5.98. The van der Waals surface area contributed by atoms with Crippen molar-refractivity contribution < 1.29 is 4.74 Å². The fourth-order valence-electron chi connectivity index (χ4n) is 5.06. The summed E-state index contributed by atoms with van der Waals surface area (Å²) in [5, 5.41) is 3.77. The van der Waals surface area contributed by atoms with Crippen LogP contribution in [0.4, 0.5) is 0 Å². The topological polar surface area (TPSA) is 33.6 Å². The minimum atomic E-state index is 0.0759. The molecular formula is C29H42N2O. The third-order valence-electron chi connectivity index (χ3n) is 6.17. The summed E-state index contributed by atoms with van der Waals surface area (Å²) in [6.45, 7) is 12.2. The third-order valence-corrected chi connectivity index (χ3v) is 6.17. The Balaban J connectivity index is 1.76. The molecule has 174 valence electrons. The Morgan fingerprint density at radius 2 is 1.44 bits per heavy atom. The summed E-state index contributed by atoms with van der Waals surface area (Å²) < 4.78 is 5.98. The molecule has 0 bridgehead atoms. The normalized spacial score (nSPS) is 18.5. The van der Waals surface area contributed by atoms with E-state index in [-0.39, 0.29) is 17.1 Å². The van der Waals surface area contributed by atoms with Crippen LogP contribution in [0, 0.1) is 0 Å². The maximum atomic E-state index is 5.98. The maximum Gasteiger partial charge on any atom is 0.119 e. The van der Waals surface area contributed by atoms with Gasteiger partial charge in [0.25, 0.3) is 0 Å². The number of nitrogens with one attached hydrogen (secondary N) is 1. The van der Waals surface area contributed by atoms with Gasteiger partial charge in [-0.25, -0.2) is 0 Å². The van der Waals surface area contributed by atoms with Crippen LogP contribution < -0.4 is 10.1 Å². The molecule has 1 aliphatic rings. The first-order chi connectivity index (χ1) is 15.3. The number of piperidine rings is 1. The second-order valence-corrected chi connectivity index (χ2v) is 10.6. The van der Waals surface area contributed by atoms with Gasteiger partial charge in [-0.05, 0) is 71.2 Å². The van der Waals surface area contributed by atoms with Gasteiger partial charge in [0.15, 0.2) is 0 Å². The van der Waals surface area contributed by atoms with Gasteiger partial charge in [0.05, 0.1) is 18.4 Å². The monoisotopic (exact) mass is 434 g/mol. The number of hydrogen-bond donors (Lipinski definition) is 1. The average molecular weight is 435 g/mol. The summed E-state index contributed by atoms with van der Waals surface area (Å²) in [6, 6.07) is 19.4. The van der Waals surface area contributed by atoms with E-state index in [9.17, 15) is 0 Å². The van der Waals surface area contributed by atoms with E-state index in [1.807, 2.05) is 0 Å². The van der Waals surface area contributed by atoms with Crippen molar-refractivity contribution in [2.24, 2.45) is 4.99 Å². The first-order valence-electron chi connectivity index (χ1n) is 12.4. The van der Waals surface area contributed by atoms with Crippen molar-refractivity contribution in [1.29, 1.82) is 0 Å². The molecule has 1 N–H and O–H groups in total. The summed E-state index contributed by atoms with van der Waals surface area (Å²) in [5.74, 6) is 0.945. The highest BCUT2D eigenvalue weighted by atomic mass is 16.5. The van der Waals surface area contributed by atoms with Crippen molar-refractivity contribution in [2.75, 3.05) is 6.61 Å². The number of nitrogens with zero attached hydrogens (tertiary/aromatic N) is 1. The minimum Gasteiger partial charge on any atom is -0.494 e. The minimum absolute atomic E-state index is 0.0759. The van der Waals surface area contributed by atoms with Gasteiger partial charge in [-0.3, -0.25) is 4.99 Å². The Morgan fingerprint density at radius 3 is 2.06 bits per heavy atom. The predicted octanol–water partition coefficient (Wildman–Crippen LogP) is 7.18. The summed E-state index contributed by atoms with van der Waals surface area (Å²) in [4.78, 5) is 5.34. The molecule has 0 atom stereocenters. The van der Waals surface area contributed by atoms with Crippen LogP contribution in [0.1, 0.15) is 90.7 Å². The molecule has 3 rings (SSSR count). The van der Waals surface area contributed by atoms with E-state index in [0.29, 0.717) is 0 Å². The standard InChI is InChI=1S/C29H42N2O/c1-6-7-8-9-13-20-32-26-18-16-24(17-19-26)27(23-14-11-10-12-15-23)30-25-21-28(2,3)31-29(4,5)22-25/h10-12,14-19,25,31H,6-9,13,20-22H2,1-5H3/b30-27+. The molecule has 0 aliphatic carbocycles. The van der Waals surface area contributed by atoms with E-state index >= 15 is 0 Å². The van der Waals surface area contributed by atoms with E-state index < -0.39 is 0 Å². The zero-order valence-electron chi connectivity index (χ0n) is 20.8. The van der Waals surface area contributed by atoms with Crippen molar-refractivity contribution in [3.8, 4) is 5.75 Å². The summed E-state index contributed by atoms with van der Waals surface area (Å²) in [7, 11) is 0. The zero-order valence-corrected chi connectivity index (χ0v) is 20.8. The Kier molecular flexibility index (Phi) is 8.53. The third kappa shape index (κ3) is 7.48. The van der Waals surface area contributed by atoms with Crippen LogP contribution in [0.3, 0.4) is 0 Å². The first kappa shape index (κ1) is 24.5. The van der Waals surface area contributed by atoms with Crippen LogP contribution in [0.2, 0.25) is 0 Å². The summed E-state index contributed by atoms with van der Waals surface area (Å²) >= 11 is 0. The molecule has 0 radical (unpaired) electrons. The average Bonchev–Trinajstić information content (AvgIpc) is 2.73. The Labute approximate surface area is 195 Å². The number of hydrogen-bond acceptors (Lipinski definition) is 3. The van der Waals surface area contributed by atoms with Crippen molar-refractivity contribution in [1.82, 2.24) is 5.32 Å². The summed E-state index contributed by atoms with van der Waals surface area (Å²) in [6.07, 6.45) is 8.35. The van der Waals surface area contributed by atoms with Gasteiger partial charge in [0, 0.05) is 22.2 Å². The molecule has 0 saturated carbocycles. The fourth-order valence-corrected chi connectivity index (χ4v) is 5.06. The van der Waals surface area contributed by atoms with Gasteiger partial charge in [-0.2, -0.15) is 0 Å². The Bertz CT molecular complexity index is 836. The smallest absolute Gasteiger partial charge is 0.119 e. The van der Waals surface area contributed by atoms with Crippen LogP contribution in [-0.2, 0) is 0 Å². The number of ether oxygens (including phenoxy) is 1. The molecule has 0 unspecified atom stereocenters. The van der Waals surface area contributed by atoms with Gasteiger partial charge in [0.1, 0.15) is 5.75 Å². The molecule has 2 aromatic carbocycles. The van der Waals surface area contributed by atoms with Gasteiger partial charge >= 0.3 is 0 Å². The second-order valence-electron chi connectivity index (χ2n) is 10.6. The van der Waals surface area contributed by atoms with E-state index in [0.717, 1.165) is 42.9 Å². The number of rotatable bonds is 10. The molecule has 3 nitrogen and oxygen atoms in total. The van der Waals surface area contributed by atoms with Crippen molar-refractivity contribution in [3.05, 3.63) is 65.7 Å². The molecule has 1 saturated heterocycles. The largest absolute Gasteiger partial charge is 0.494 e. The Hall–Kier alpha value is -2.13. The number of benzene rings is 2.